The van der Waals surface area contributed by atoms with Gasteiger partial charge in [-0.25, -0.2) is 0 Å². The summed E-state index contributed by atoms with van der Waals surface area (Å²) >= 11 is 0. The van der Waals surface area contributed by atoms with Crippen molar-refractivity contribution >= 4 is 5.91 Å². The lowest BCUT2D eigenvalue weighted by Gasteiger charge is -2.05. The predicted molar refractivity (Wildman–Crippen MR) is 50.1 cm³/mol. The lowest BCUT2D eigenvalue weighted by Crippen LogP contribution is -2.26. The van der Waals surface area contributed by atoms with E-state index in [9.17, 15) is 9.90 Å². The van der Waals surface area contributed by atoms with E-state index in [1.807, 2.05) is 0 Å². The molecule has 1 aromatic heterocycles. The van der Waals surface area contributed by atoms with Gasteiger partial charge in [-0.3, -0.25) is 9.78 Å². The number of hydrogen-bond acceptors (Lipinski definition) is 4. The fourth-order valence-electron chi connectivity index (χ4n) is 0.940. The third kappa shape index (κ3) is 2.70. The Bertz CT molecular complexity index is 315. The normalized spacial score (nSPS) is 9.79. The second-order valence-corrected chi connectivity index (χ2v) is 2.64. The molecule has 0 aliphatic rings. The van der Waals surface area contributed by atoms with E-state index in [1.54, 1.807) is 7.11 Å². The van der Waals surface area contributed by atoms with Crippen molar-refractivity contribution in [3.63, 3.8) is 0 Å². The molecule has 5 nitrogen and oxygen atoms in total. The Morgan fingerprint density at radius 3 is 3.14 bits per heavy atom. The fourth-order valence-corrected chi connectivity index (χ4v) is 0.940. The highest BCUT2D eigenvalue weighted by Gasteiger charge is 2.08. The van der Waals surface area contributed by atoms with Crippen LogP contribution in [-0.4, -0.2) is 36.3 Å². The summed E-state index contributed by atoms with van der Waals surface area (Å²) in [5, 5.41) is 11.9. The summed E-state index contributed by atoms with van der Waals surface area (Å²) in [6, 6.07) is 1.46. The molecule has 0 saturated heterocycles. The van der Waals surface area contributed by atoms with Crippen molar-refractivity contribution in [3.05, 3.63) is 24.0 Å². The van der Waals surface area contributed by atoms with E-state index in [2.05, 4.69) is 10.3 Å². The molecule has 14 heavy (non-hydrogen) atoms. The molecule has 0 aliphatic heterocycles. The Morgan fingerprint density at radius 1 is 1.71 bits per heavy atom. The van der Waals surface area contributed by atoms with E-state index >= 15 is 0 Å². The number of aromatic hydroxyl groups is 1. The lowest BCUT2D eigenvalue weighted by molar-refractivity contribution is 0.0934. The van der Waals surface area contributed by atoms with E-state index < -0.39 is 0 Å². The van der Waals surface area contributed by atoms with E-state index in [0.29, 0.717) is 13.2 Å². The summed E-state index contributed by atoms with van der Waals surface area (Å²) in [5.74, 6) is -0.454. The molecule has 1 rings (SSSR count). The van der Waals surface area contributed by atoms with Crippen LogP contribution in [0.5, 0.6) is 5.75 Å². The third-order valence-corrected chi connectivity index (χ3v) is 1.64. The smallest absolute Gasteiger partial charge is 0.255 e. The highest BCUT2D eigenvalue weighted by molar-refractivity contribution is 5.96. The number of rotatable bonds is 4. The molecular weight excluding hydrogens is 184 g/mol. The molecule has 1 heterocycles. The highest BCUT2D eigenvalue weighted by atomic mass is 16.5. The van der Waals surface area contributed by atoms with Crippen molar-refractivity contribution in [2.45, 2.75) is 0 Å². The molecular formula is C9H12N2O3. The van der Waals surface area contributed by atoms with Gasteiger partial charge in [0.05, 0.1) is 18.4 Å². The molecule has 76 valence electrons. The van der Waals surface area contributed by atoms with Crippen molar-refractivity contribution < 1.29 is 14.6 Å². The van der Waals surface area contributed by atoms with Crippen LogP contribution in [0.15, 0.2) is 18.5 Å². The van der Waals surface area contributed by atoms with Gasteiger partial charge in [-0.15, -0.1) is 0 Å². The van der Waals surface area contributed by atoms with Crippen LogP contribution in [0, 0.1) is 0 Å². The minimum Gasteiger partial charge on any atom is -0.505 e. The quantitative estimate of drug-likeness (QED) is 0.673. The number of pyridine rings is 1. The van der Waals surface area contributed by atoms with Gasteiger partial charge in [0.2, 0.25) is 0 Å². The van der Waals surface area contributed by atoms with Gasteiger partial charge in [0.15, 0.2) is 0 Å². The molecule has 0 radical (unpaired) electrons. The summed E-state index contributed by atoms with van der Waals surface area (Å²) in [7, 11) is 1.55. The van der Waals surface area contributed by atoms with Gasteiger partial charge < -0.3 is 15.2 Å². The Balaban J connectivity index is 2.56. The Kier molecular flexibility index (Phi) is 3.87. The van der Waals surface area contributed by atoms with Crippen LogP contribution in [0.2, 0.25) is 0 Å². The topological polar surface area (TPSA) is 71.5 Å². The number of carbonyl (C=O) groups is 1. The molecule has 0 aromatic carbocycles. The number of nitrogens with zero attached hydrogens (tertiary/aromatic N) is 1. The number of methoxy groups -OCH3 is 1. The molecule has 1 amide bonds. The lowest BCUT2D eigenvalue weighted by atomic mass is 10.2. The zero-order valence-corrected chi connectivity index (χ0v) is 7.86. The van der Waals surface area contributed by atoms with Crippen LogP contribution in [0.4, 0.5) is 0 Å². The van der Waals surface area contributed by atoms with Crippen LogP contribution in [0.25, 0.3) is 0 Å². The van der Waals surface area contributed by atoms with Crippen LogP contribution in [-0.2, 0) is 4.74 Å². The first kappa shape index (κ1) is 10.5. The van der Waals surface area contributed by atoms with Gasteiger partial charge in [-0.1, -0.05) is 0 Å². The standard InChI is InChI=1S/C9H12N2O3/c1-14-5-4-11-9(13)7-2-3-10-6-8(7)12/h2-3,6,12H,4-5H2,1H3,(H,11,13). The van der Waals surface area contributed by atoms with Crippen LogP contribution < -0.4 is 5.32 Å². The van der Waals surface area contributed by atoms with Crippen LogP contribution >= 0.6 is 0 Å². The predicted octanol–water partition coefficient (Wildman–Crippen LogP) is 0.163. The highest BCUT2D eigenvalue weighted by Crippen LogP contribution is 2.12. The van der Waals surface area contributed by atoms with Crippen molar-refractivity contribution in [2.75, 3.05) is 20.3 Å². The number of aromatic nitrogens is 1. The maximum absolute atomic E-state index is 11.4. The maximum atomic E-state index is 11.4. The summed E-state index contributed by atoms with van der Waals surface area (Å²) in [6.07, 6.45) is 2.68. The summed E-state index contributed by atoms with van der Waals surface area (Å²) in [5.41, 5.74) is 0.219. The first-order valence-corrected chi connectivity index (χ1v) is 4.16. The number of hydrogen-bond donors (Lipinski definition) is 2. The van der Waals surface area contributed by atoms with Crippen LogP contribution in [0.1, 0.15) is 10.4 Å². The molecule has 0 atom stereocenters. The van der Waals surface area contributed by atoms with Crippen molar-refractivity contribution in [1.82, 2.24) is 10.3 Å². The van der Waals surface area contributed by atoms with Gasteiger partial charge in [0.1, 0.15) is 5.75 Å². The fraction of sp³-hybridized carbons (Fsp3) is 0.333. The monoisotopic (exact) mass is 196 g/mol. The molecule has 0 saturated carbocycles. The maximum Gasteiger partial charge on any atom is 0.255 e. The first-order valence-electron chi connectivity index (χ1n) is 4.16. The van der Waals surface area contributed by atoms with E-state index in [1.165, 1.54) is 18.5 Å². The van der Waals surface area contributed by atoms with Crippen molar-refractivity contribution in [2.24, 2.45) is 0 Å². The van der Waals surface area contributed by atoms with E-state index in [4.69, 9.17) is 4.74 Å². The van der Waals surface area contributed by atoms with Gasteiger partial charge >= 0.3 is 0 Å². The zero-order chi connectivity index (χ0) is 10.4. The molecule has 2 N–H and O–H groups in total. The molecule has 0 aliphatic carbocycles. The number of ether oxygens (including phenoxy) is 1. The van der Waals surface area contributed by atoms with Gasteiger partial charge in [0, 0.05) is 19.9 Å². The van der Waals surface area contributed by atoms with Gasteiger partial charge in [-0.2, -0.15) is 0 Å². The van der Waals surface area contributed by atoms with Gasteiger partial charge in [-0.05, 0) is 6.07 Å². The number of amides is 1. The van der Waals surface area contributed by atoms with Gasteiger partial charge in [0.25, 0.3) is 5.91 Å². The summed E-state index contributed by atoms with van der Waals surface area (Å²) < 4.78 is 4.77. The Labute approximate surface area is 81.7 Å². The SMILES string of the molecule is COCCNC(=O)c1ccncc1O. The molecule has 5 heteroatoms. The minimum absolute atomic E-state index is 0.123. The van der Waals surface area contributed by atoms with Crippen molar-refractivity contribution in [1.29, 1.82) is 0 Å². The Morgan fingerprint density at radius 2 is 2.50 bits per heavy atom. The van der Waals surface area contributed by atoms with Crippen molar-refractivity contribution in [3.8, 4) is 5.75 Å². The largest absolute Gasteiger partial charge is 0.505 e. The number of nitrogens with one attached hydrogen (secondary N) is 1. The summed E-state index contributed by atoms with van der Waals surface area (Å²) in [4.78, 5) is 15.1. The molecule has 0 fully saturated rings. The van der Waals surface area contributed by atoms with E-state index in [0.717, 1.165) is 0 Å². The summed E-state index contributed by atoms with van der Waals surface area (Å²) in [6.45, 7) is 0.856. The van der Waals surface area contributed by atoms with E-state index in [-0.39, 0.29) is 17.2 Å². The third-order valence-electron chi connectivity index (χ3n) is 1.64. The second-order valence-electron chi connectivity index (χ2n) is 2.64. The van der Waals surface area contributed by atoms with Crippen LogP contribution in [0.3, 0.4) is 0 Å². The molecule has 0 spiro atoms. The molecule has 1 aromatic rings. The number of carbonyl (C=O) groups excluding carboxylic acids is 1. The molecule has 0 unspecified atom stereocenters. The molecule has 0 bridgehead atoms. The zero-order valence-electron chi connectivity index (χ0n) is 7.86. The average molecular weight is 196 g/mol. The second kappa shape index (κ2) is 5.18. The average Bonchev–Trinajstić information content (AvgIpc) is 2.18. The minimum atomic E-state index is -0.332. The Hall–Kier alpha value is -1.62. The first-order chi connectivity index (χ1) is 6.75.